The predicted molar refractivity (Wildman–Crippen MR) is 86.8 cm³/mol. The van der Waals surface area contributed by atoms with Gasteiger partial charge in [0.05, 0.1) is 0 Å². The molecule has 0 bridgehead atoms. The Morgan fingerprint density at radius 2 is 1.95 bits per heavy atom. The van der Waals surface area contributed by atoms with Crippen LogP contribution in [0.1, 0.15) is 57.6 Å². The van der Waals surface area contributed by atoms with Gasteiger partial charge in [-0.25, -0.2) is 0 Å². The molecule has 1 unspecified atom stereocenters. The predicted octanol–water partition coefficient (Wildman–Crippen LogP) is 3.51. The monoisotopic (exact) mass is 288 g/mol. The number of nitrogens with zero attached hydrogens (tertiary/aromatic N) is 1. The molecular weight excluding hydrogens is 260 g/mol. The lowest BCUT2D eigenvalue weighted by Crippen LogP contribution is -2.32. The summed E-state index contributed by atoms with van der Waals surface area (Å²) in [5, 5.41) is 0. The highest BCUT2D eigenvalue weighted by molar-refractivity contribution is 5.76. The molecule has 3 nitrogen and oxygen atoms in total. The summed E-state index contributed by atoms with van der Waals surface area (Å²) in [6.07, 6.45) is 4.76. The highest BCUT2D eigenvalue weighted by atomic mass is 16.2. The highest BCUT2D eigenvalue weighted by Crippen LogP contribution is 2.37. The van der Waals surface area contributed by atoms with E-state index in [4.69, 9.17) is 5.73 Å². The van der Waals surface area contributed by atoms with Gasteiger partial charge in [-0.3, -0.25) is 4.79 Å². The fourth-order valence-electron chi connectivity index (χ4n) is 3.28. The number of likely N-dealkylation sites (tertiary alicyclic amines) is 1. The molecule has 1 aromatic carbocycles. The highest BCUT2D eigenvalue weighted by Gasteiger charge is 2.36. The van der Waals surface area contributed by atoms with Crippen molar-refractivity contribution in [1.29, 1.82) is 0 Å². The maximum Gasteiger partial charge on any atom is 0.222 e. The van der Waals surface area contributed by atoms with Crippen molar-refractivity contribution in [2.75, 3.05) is 13.1 Å². The third-order valence-corrected chi connectivity index (χ3v) is 5.19. The summed E-state index contributed by atoms with van der Waals surface area (Å²) in [7, 11) is 0. The van der Waals surface area contributed by atoms with E-state index in [0.717, 1.165) is 44.3 Å². The molecule has 0 spiro atoms. The van der Waals surface area contributed by atoms with Crippen molar-refractivity contribution in [1.82, 2.24) is 4.90 Å². The third-order valence-electron chi connectivity index (χ3n) is 5.19. The van der Waals surface area contributed by atoms with E-state index in [1.54, 1.807) is 0 Å². The minimum atomic E-state index is -0.0418. The Morgan fingerprint density at radius 1 is 1.29 bits per heavy atom. The number of rotatable bonds is 6. The maximum absolute atomic E-state index is 12.4. The van der Waals surface area contributed by atoms with E-state index in [9.17, 15) is 4.79 Å². The molecule has 1 aliphatic heterocycles. The lowest BCUT2D eigenvalue weighted by molar-refractivity contribution is -0.130. The van der Waals surface area contributed by atoms with Crippen molar-refractivity contribution < 1.29 is 4.79 Å². The van der Waals surface area contributed by atoms with Crippen LogP contribution in [0.25, 0.3) is 0 Å². The summed E-state index contributed by atoms with van der Waals surface area (Å²) >= 11 is 0. The molecular formula is C18H28N2O. The Balaban J connectivity index is 1.83. The zero-order valence-electron chi connectivity index (χ0n) is 13.3. The number of hydrogen-bond acceptors (Lipinski definition) is 2. The standard InChI is InChI=1S/C18H28N2O/c1-3-18(4-2)12-13-20(14-18)17(21)11-10-16(19)15-8-6-5-7-9-15/h5-9,16H,3-4,10-14,19H2,1-2H3. The van der Waals surface area contributed by atoms with Crippen molar-refractivity contribution in [3.05, 3.63) is 35.9 Å². The topological polar surface area (TPSA) is 46.3 Å². The summed E-state index contributed by atoms with van der Waals surface area (Å²) in [6, 6.07) is 10.00. The summed E-state index contributed by atoms with van der Waals surface area (Å²) in [6.45, 7) is 6.33. The normalized spacial score (nSPS) is 18.7. The van der Waals surface area contributed by atoms with E-state index in [0.29, 0.717) is 11.8 Å². The number of benzene rings is 1. The Hall–Kier alpha value is -1.35. The first-order chi connectivity index (χ1) is 10.1. The number of amides is 1. The number of hydrogen-bond donors (Lipinski definition) is 1. The van der Waals surface area contributed by atoms with Gasteiger partial charge in [0.15, 0.2) is 0 Å². The molecule has 2 rings (SSSR count). The second-order valence-electron chi connectivity index (χ2n) is 6.33. The van der Waals surface area contributed by atoms with Crippen molar-refractivity contribution in [3.8, 4) is 0 Å². The van der Waals surface area contributed by atoms with Gasteiger partial charge in [-0.05, 0) is 36.7 Å². The van der Waals surface area contributed by atoms with Gasteiger partial charge in [0, 0.05) is 25.6 Å². The van der Waals surface area contributed by atoms with E-state index >= 15 is 0 Å². The summed E-state index contributed by atoms with van der Waals surface area (Å²) < 4.78 is 0. The zero-order valence-corrected chi connectivity index (χ0v) is 13.3. The van der Waals surface area contributed by atoms with Gasteiger partial charge < -0.3 is 10.6 Å². The minimum absolute atomic E-state index is 0.0418. The minimum Gasteiger partial charge on any atom is -0.342 e. The van der Waals surface area contributed by atoms with E-state index in [1.165, 1.54) is 0 Å². The SMILES string of the molecule is CCC1(CC)CCN(C(=O)CCC(N)c2ccccc2)C1. The summed E-state index contributed by atoms with van der Waals surface area (Å²) in [5.74, 6) is 0.269. The van der Waals surface area contributed by atoms with E-state index < -0.39 is 0 Å². The van der Waals surface area contributed by atoms with Crippen LogP contribution in [0.4, 0.5) is 0 Å². The van der Waals surface area contributed by atoms with Gasteiger partial charge in [0.2, 0.25) is 5.91 Å². The molecule has 2 N–H and O–H groups in total. The van der Waals surface area contributed by atoms with Crippen LogP contribution in [-0.2, 0) is 4.79 Å². The van der Waals surface area contributed by atoms with E-state index in [-0.39, 0.29) is 11.9 Å². The van der Waals surface area contributed by atoms with Crippen LogP contribution in [-0.4, -0.2) is 23.9 Å². The zero-order chi connectivity index (χ0) is 15.3. The Labute approximate surface area is 128 Å². The van der Waals surface area contributed by atoms with Crippen LogP contribution in [0, 0.1) is 5.41 Å². The van der Waals surface area contributed by atoms with Crippen molar-refractivity contribution in [2.45, 2.75) is 52.0 Å². The molecule has 0 saturated carbocycles. The summed E-state index contributed by atoms with van der Waals surface area (Å²) in [4.78, 5) is 14.4. The number of nitrogens with two attached hydrogens (primary N) is 1. The van der Waals surface area contributed by atoms with Crippen LogP contribution >= 0.6 is 0 Å². The lowest BCUT2D eigenvalue weighted by atomic mass is 9.82. The van der Waals surface area contributed by atoms with Gasteiger partial charge in [0.1, 0.15) is 0 Å². The fourth-order valence-corrected chi connectivity index (χ4v) is 3.28. The number of carbonyl (C=O) groups excluding carboxylic acids is 1. The van der Waals surface area contributed by atoms with Crippen LogP contribution in [0.15, 0.2) is 30.3 Å². The Kier molecular flexibility index (Phi) is 5.40. The molecule has 1 aromatic rings. The lowest BCUT2D eigenvalue weighted by Gasteiger charge is -2.26. The number of carbonyl (C=O) groups is 1. The largest absolute Gasteiger partial charge is 0.342 e. The van der Waals surface area contributed by atoms with Crippen molar-refractivity contribution in [2.24, 2.45) is 11.1 Å². The molecule has 1 aliphatic rings. The average molecular weight is 288 g/mol. The van der Waals surface area contributed by atoms with Crippen LogP contribution in [0.3, 0.4) is 0 Å². The second-order valence-corrected chi connectivity index (χ2v) is 6.33. The first kappa shape index (κ1) is 16.0. The van der Waals surface area contributed by atoms with Crippen molar-refractivity contribution >= 4 is 5.91 Å². The van der Waals surface area contributed by atoms with Gasteiger partial charge >= 0.3 is 0 Å². The Bertz CT molecular complexity index is 454. The van der Waals surface area contributed by atoms with Crippen LogP contribution in [0.2, 0.25) is 0 Å². The van der Waals surface area contributed by atoms with Gasteiger partial charge in [0.25, 0.3) is 0 Å². The van der Waals surface area contributed by atoms with E-state index in [2.05, 4.69) is 13.8 Å². The quantitative estimate of drug-likeness (QED) is 0.870. The Morgan fingerprint density at radius 3 is 2.52 bits per heavy atom. The molecule has 116 valence electrons. The fraction of sp³-hybridized carbons (Fsp3) is 0.611. The van der Waals surface area contributed by atoms with Crippen LogP contribution < -0.4 is 5.73 Å². The van der Waals surface area contributed by atoms with Gasteiger partial charge in [-0.2, -0.15) is 0 Å². The second kappa shape index (κ2) is 7.08. The third kappa shape index (κ3) is 3.85. The summed E-state index contributed by atoms with van der Waals surface area (Å²) in [5.41, 5.74) is 7.65. The molecule has 1 amide bonds. The molecule has 1 fully saturated rings. The smallest absolute Gasteiger partial charge is 0.222 e. The van der Waals surface area contributed by atoms with Gasteiger partial charge in [-0.1, -0.05) is 44.2 Å². The first-order valence-electron chi connectivity index (χ1n) is 8.18. The molecule has 1 saturated heterocycles. The molecule has 3 heteroatoms. The molecule has 1 heterocycles. The molecule has 0 aromatic heterocycles. The molecule has 0 aliphatic carbocycles. The maximum atomic E-state index is 12.4. The molecule has 0 radical (unpaired) electrons. The average Bonchev–Trinajstić information content (AvgIpc) is 2.98. The molecule has 1 atom stereocenters. The van der Waals surface area contributed by atoms with Gasteiger partial charge in [-0.15, -0.1) is 0 Å². The van der Waals surface area contributed by atoms with Crippen molar-refractivity contribution in [3.63, 3.8) is 0 Å². The molecule has 21 heavy (non-hydrogen) atoms. The van der Waals surface area contributed by atoms with Crippen LogP contribution in [0.5, 0.6) is 0 Å². The van der Waals surface area contributed by atoms with E-state index in [1.807, 2.05) is 35.2 Å². The first-order valence-corrected chi connectivity index (χ1v) is 8.18.